The zero-order valence-electron chi connectivity index (χ0n) is 15.8. The lowest BCUT2D eigenvalue weighted by atomic mass is 9.91. The molecule has 8 heteroatoms. The van der Waals surface area contributed by atoms with Crippen LogP contribution in [0.1, 0.15) is 29.5 Å². The Kier molecular flexibility index (Phi) is 6.18. The third kappa shape index (κ3) is 4.41. The Hall–Kier alpha value is -2.28. The highest BCUT2D eigenvalue weighted by Gasteiger charge is 2.25. The molecule has 0 aromatic heterocycles. The fourth-order valence-electron chi connectivity index (χ4n) is 3.38. The third-order valence-corrected chi connectivity index (χ3v) is 6.09. The van der Waals surface area contributed by atoms with Gasteiger partial charge in [-0.15, -0.1) is 0 Å². The van der Waals surface area contributed by atoms with Gasteiger partial charge in [-0.1, -0.05) is 48.3 Å². The highest BCUT2D eigenvalue weighted by Crippen LogP contribution is 2.40. The Bertz CT molecular complexity index is 1120. The first-order valence-electron chi connectivity index (χ1n) is 9.18. The Morgan fingerprint density at radius 3 is 2.47 bits per heavy atom. The highest BCUT2D eigenvalue weighted by atomic mass is 35.5. The Morgan fingerprint density at radius 2 is 1.73 bits per heavy atom. The maximum Gasteiger partial charge on any atom is 0.206 e. The van der Waals surface area contributed by atoms with Crippen LogP contribution in [-0.2, 0) is 6.54 Å². The molecule has 0 fully saturated rings. The molecule has 0 amide bonds. The van der Waals surface area contributed by atoms with E-state index in [2.05, 4.69) is 15.0 Å². The van der Waals surface area contributed by atoms with Gasteiger partial charge in [0.15, 0.2) is 0 Å². The van der Waals surface area contributed by atoms with Crippen molar-refractivity contribution in [2.45, 2.75) is 24.3 Å². The number of hydrogen-bond donors (Lipinski definition) is 2. The molecule has 2 N–H and O–H groups in total. The fraction of sp³-hybridized carbons (Fsp3) is 0.136. The average Bonchev–Trinajstić information content (AvgIpc) is 2.71. The van der Waals surface area contributed by atoms with Crippen molar-refractivity contribution >= 4 is 46.8 Å². The minimum Gasteiger partial charge on any atom is -0.324 e. The van der Waals surface area contributed by atoms with Crippen molar-refractivity contribution in [3.63, 3.8) is 0 Å². The van der Waals surface area contributed by atoms with Crippen molar-refractivity contribution in [2.24, 2.45) is 4.99 Å². The Balaban J connectivity index is 1.65. The largest absolute Gasteiger partial charge is 0.324 e. The number of benzene rings is 3. The van der Waals surface area contributed by atoms with Crippen LogP contribution in [-0.4, -0.2) is 5.96 Å². The quantitative estimate of drug-likeness (QED) is 0.408. The average molecular weight is 464 g/mol. The molecule has 3 aromatic carbocycles. The molecule has 1 atom stereocenters. The molecule has 0 bridgehead atoms. The van der Waals surface area contributed by atoms with Crippen molar-refractivity contribution in [3.05, 3.63) is 93.0 Å². The summed E-state index contributed by atoms with van der Waals surface area (Å²) in [4.78, 5) is 5.32. The van der Waals surface area contributed by atoms with Gasteiger partial charge >= 0.3 is 0 Å². The Labute approximate surface area is 187 Å². The van der Waals surface area contributed by atoms with Crippen LogP contribution < -0.4 is 10.0 Å². The van der Waals surface area contributed by atoms with Crippen LogP contribution in [0.3, 0.4) is 0 Å². The molecule has 1 heterocycles. The van der Waals surface area contributed by atoms with Gasteiger partial charge < -0.3 is 5.32 Å². The molecule has 30 heavy (non-hydrogen) atoms. The summed E-state index contributed by atoms with van der Waals surface area (Å²) >= 11 is 13.4. The number of aliphatic imine (C=N–C) groups is 1. The monoisotopic (exact) mass is 463 g/mol. The second kappa shape index (κ2) is 8.84. The number of nitrogens with one attached hydrogen (secondary N) is 2. The van der Waals surface area contributed by atoms with Crippen LogP contribution >= 0.6 is 35.1 Å². The van der Waals surface area contributed by atoms with Gasteiger partial charge in [0.2, 0.25) is 5.96 Å². The zero-order valence-corrected chi connectivity index (χ0v) is 18.2. The van der Waals surface area contributed by atoms with Gasteiger partial charge in [-0.05, 0) is 59.5 Å². The second-order valence-electron chi connectivity index (χ2n) is 6.85. The van der Waals surface area contributed by atoms with E-state index in [4.69, 9.17) is 23.2 Å². The van der Waals surface area contributed by atoms with Gasteiger partial charge in [-0.2, -0.15) is 0 Å². The predicted molar refractivity (Wildman–Crippen MR) is 121 cm³/mol. The highest BCUT2D eigenvalue weighted by molar-refractivity contribution is 7.98. The molecule has 1 aliphatic heterocycles. The number of hydrogen-bond acceptors (Lipinski definition) is 2. The maximum absolute atomic E-state index is 14.9. The Morgan fingerprint density at radius 1 is 1.00 bits per heavy atom. The van der Waals surface area contributed by atoms with Crippen molar-refractivity contribution < 1.29 is 8.78 Å². The van der Waals surface area contributed by atoms with Gasteiger partial charge in [0.25, 0.3) is 0 Å². The first-order valence-corrected chi connectivity index (χ1v) is 10.8. The third-order valence-electron chi connectivity index (χ3n) is 4.80. The van der Waals surface area contributed by atoms with E-state index in [1.807, 2.05) is 0 Å². The van der Waals surface area contributed by atoms with Crippen molar-refractivity contribution in [3.8, 4) is 0 Å². The summed E-state index contributed by atoms with van der Waals surface area (Å²) in [6.45, 7) is 2.12. The SMILES string of the molecule is CC(c1ccccc1F)c1c(F)ccc2c1NC(=NCc1cc(Cl)cc(Cl)c1)NS2. The molecular weight excluding hydrogens is 447 g/mol. The molecular formula is C22H17Cl2F2N3S. The van der Waals surface area contributed by atoms with E-state index >= 15 is 0 Å². The van der Waals surface area contributed by atoms with E-state index in [1.54, 1.807) is 49.4 Å². The van der Waals surface area contributed by atoms with Gasteiger partial charge in [-0.3, -0.25) is 4.72 Å². The second-order valence-corrected chi connectivity index (χ2v) is 8.57. The first kappa shape index (κ1) is 21.0. The van der Waals surface area contributed by atoms with E-state index in [1.165, 1.54) is 24.1 Å². The van der Waals surface area contributed by atoms with Crippen molar-refractivity contribution in [2.75, 3.05) is 5.32 Å². The predicted octanol–water partition coefficient (Wildman–Crippen LogP) is 7.00. The van der Waals surface area contributed by atoms with Gasteiger partial charge in [0, 0.05) is 21.5 Å². The molecule has 0 aliphatic carbocycles. The van der Waals surface area contributed by atoms with Gasteiger partial charge in [-0.25, -0.2) is 13.8 Å². The number of nitrogens with zero attached hydrogens (tertiary/aromatic N) is 1. The van der Waals surface area contributed by atoms with Gasteiger partial charge in [0.1, 0.15) is 11.6 Å². The lowest BCUT2D eigenvalue weighted by molar-refractivity contribution is 0.581. The summed E-state index contributed by atoms with van der Waals surface area (Å²) in [7, 11) is 0. The molecule has 4 rings (SSSR count). The normalized spacial score (nSPS) is 15.3. The lowest BCUT2D eigenvalue weighted by Gasteiger charge is -2.26. The zero-order chi connectivity index (χ0) is 21.3. The lowest BCUT2D eigenvalue weighted by Crippen LogP contribution is -2.30. The minimum atomic E-state index is -0.486. The van der Waals surface area contributed by atoms with E-state index < -0.39 is 11.7 Å². The number of fused-ring (bicyclic) bond motifs is 1. The molecule has 1 aliphatic rings. The number of guanidine groups is 1. The molecule has 1 unspecified atom stereocenters. The summed E-state index contributed by atoms with van der Waals surface area (Å²) in [6, 6.07) is 14.7. The molecule has 0 saturated carbocycles. The number of rotatable bonds is 4. The molecule has 0 radical (unpaired) electrons. The standard InChI is InChI=1S/C22H17Cl2F2N3S/c1-12(16-4-2-3-5-17(16)25)20-18(26)6-7-19-21(20)28-22(29-30-19)27-11-13-8-14(23)10-15(24)9-13/h2-10,12H,11H2,1H3,(H2,27,28,29). The minimum absolute atomic E-state index is 0.332. The number of halogens is 4. The summed E-state index contributed by atoms with van der Waals surface area (Å²) in [5.74, 6) is -0.785. The van der Waals surface area contributed by atoms with Crippen LogP contribution in [0.2, 0.25) is 10.0 Å². The van der Waals surface area contributed by atoms with Crippen LogP contribution in [0.5, 0.6) is 0 Å². The topological polar surface area (TPSA) is 36.4 Å². The summed E-state index contributed by atoms with van der Waals surface area (Å²) in [5, 5.41) is 4.23. The van der Waals surface area contributed by atoms with E-state index in [0.29, 0.717) is 39.4 Å². The van der Waals surface area contributed by atoms with Gasteiger partial charge in [0.05, 0.1) is 17.1 Å². The summed E-state index contributed by atoms with van der Waals surface area (Å²) in [5.41, 5.74) is 2.25. The van der Waals surface area contributed by atoms with Crippen LogP contribution in [0.25, 0.3) is 0 Å². The first-order chi connectivity index (χ1) is 14.4. The van der Waals surface area contributed by atoms with Crippen LogP contribution in [0.4, 0.5) is 14.5 Å². The molecule has 0 saturated heterocycles. The molecule has 3 aromatic rings. The smallest absolute Gasteiger partial charge is 0.206 e. The van der Waals surface area contributed by atoms with Crippen molar-refractivity contribution in [1.82, 2.24) is 4.72 Å². The number of anilines is 1. The molecule has 0 spiro atoms. The van der Waals surface area contributed by atoms with Crippen molar-refractivity contribution in [1.29, 1.82) is 0 Å². The van der Waals surface area contributed by atoms with E-state index in [-0.39, 0.29) is 5.82 Å². The van der Waals surface area contributed by atoms with Crippen LogP contribution in [0.15, 0.2) is 64.5 Å². The summed E-state index contributed by atoms with van der Waals surface area (Å²) in [6.07, 6.45) is 0. The summed E-state index contributed by atoms with van der Waals surface area (Å²) < 4.78 is 32.3. The maximum atomic E-state index is 14.9. The fourth-order valence-corrected chi connectivity index (χ4v) is 4.68. The van der Waals surface area contributed by atoms with E-state index in [0.717, 1.165) is 10.5 Å². The van der Waals surface area contributed by atoms with Crippen LogP contribution in [0, 0.1) is 11.6 Å². The molecule has 154 valence electrons. The van der Waals surface area contributed by atoms with E-state index in [9.17, 15) is 8.78 Å². The molecule has 3 nitrogen and oxygen atoms in total.